The highest BCUT2D eigenvalue weighted by atomic mass is 79.9. The van der Waals surface area contributed by atoms with Crippen molar-refractivity contribution < 1.29 is 18.4 Å². The lowest BCUT2D eigenvalue weighted by Crippen LogP contribution is -2.18. The summed E-state index contributed by atoms with van der Waals surface area (Å²) in [6, 6.07) is 12.5. The molecule has 4 rings (SSSR count). The summed E-state index contributed by atoms with van der Waals surface area (Å²) in [4.78, 5) is 25.6. The Balaban J connectivity index is 1.53. The molecule has 34 heavy (non-hydrogen) atoms. The molecule has 3 aromatic carbocycles. The first-order valence-electron chi connectivity index (χ1n) is 9.68. The Morgan fingerprint density at radius 3 is 2.26 bits per heavy atom. The number of anilines is 2. The predicted molar refractivity (Wildman–Crippen MR) is 134 cm³/mol. The van der Waals surface area contributed by atoms with Gasteiger partial charge >= 0.3 is 0 Å². The second-order valence-corrected chi connectivity index (χ2v) is 10.8. The fourth-order valence-electron chi connectivity index (χ4n) is 3.62. The highest BCUT2D eigenvalue weighted by Crippen LogP contribution is 2.65. The largest absolute Gasteiger partial charge is 0.326 e. The van der Waals surface area contributed by atoms with E-state index in [0.29, 0.717) is 15.1 Å². The lowest BCUT2D eigenvalue weighted by molar-refractivity contribution is -0.117. The van der Waals surface area contributed by atoms with E-state index in [1.54, 1.807) is 18.2 Å². The lowest BCUT2D eigenvalue weighted by Gasteiger charge is -2.11. The molecule has 0 radical (unpaired) electrons. The number of halogens is 7. The van der Waals surface area contributed by atoms with Crippen LogP contribution in [0.3, 0.4) is 0 Å². The van der Waals surface area contributed by atoms with Crippen LogP contribution in [0.25, 0.3) is 0 Å². The average Bonchev–Trinajstić information content (AvgIpc) is 3.33. The van der Waals surface area contributed by atoms with Crippen LogP contribution in [0.5, 0.6) is 0 Å². The van der Waals surface area contributed by atoms with Gasteiger partial charge in [0.05, 0.1) is 16.5 Å². The Bertz CT molecular complexity index is 1280. The Labute approximate surface area is 221 Å². The third kappa shape index (κ3) is 5.04. The van der Waals surface area contributed by atoms with E-state index < -0.39 is 45.3 Å². The van der Waals surface area contributed by atoms with E-state index in [9.17, 15) is 18.4 Å². The van der Waals surface area contributed by atoms with Gasteiger partial charge in [-0.25, -0.2) is 8.78 Å². The van der Waals surface area contributed by atoms with Crippen LogP contribution in [0.4, 0.5) is 20.2 Å². The molecule has 3 aromatic rings. The number of hydrogen-bond acceptors (Lipinski definition) is 2. The Kier molecular flexibility index (Phi) is 7.14. The molecular formula is C23H13BrCl4F2N2O2. The molecule has 0 unspecified atom stereocenters. The first-order valence-corrected chi connectivity index (χ1v) is 12.0. The molecule has 1 aliphatic carbocycles. The molecule has 0 aromatic heterocycles. The third-order valence-corrected chi connectivity index (χ3v) is 7.21. The SMILES string of the molecule is O=C(Nc1c(F)cccc1F)c1cc(NC(=O)[C@@H]2[C@@H](c3cc(Cl)cc(Br)c3)C2(Cl)Cl)ccc1Cl. The zero-order valence-electron chi connectivity index (χ0n) is 16.8. The third-order valence-electron chi connectivity index (χ3n) is 5.26. The van der Waals surface area contributed by atoms with Gasteiger partial charge in [0.2, 0.25) is 5.91 Å². The maximum atomic E-state index is 13.9. The van der Waals surface area contributed by atoms with E-state index in [1.807, 2.05) is 0 Å². The van der Waals surface area contributed by atoms with Crippen LogP contribution in [0, 0.1) is 17.6 Å². The van der Waals surface area contributed by atoms with Gasteiger partial charge in [0, 0.05) is 21.1 Å². The molecule has 176 valence electrons. The van der Waals surface area contributed by atoms with E-state index in [1.165, 1.54) is 24.3 Å². The van der Waals surface area contributed by atoms with Crippen molar-refractivity contribution in [3.63, 3.8) is 0 Å². The van der Waals surface area contributed by atoms with Gasteiger partial charge in [-0.1, -0.05) is 45.2 Å². The lowest BCUT2D eigenvalue weighted by atomic mass is 10.1. The molecule has 0 aliphatic heterocycles. The van der Waals surface area contributed by atoms with Crippen molar-refractivity contribution in [3.05, 3.63) is 91.9 Å². The zero-order chi connectivity index (χ0) is 24.8. The molecular weight excluding hydrogens is 596 g/mol. The number of carbonyl (C=O) groups is 2. The van der Waals surface area contributed by atoms with Crippen LogP contribution in [0.2, 0.25) is 10.0 Å². The quantitative estimate of drug-likeness (QED) is 0.290. The molecule has 4 nitrogen and oxygen atoms in total. The monoisotopic (exact) mass is 606 g/mol. The van der Waals surface area contributed by atoms with Gasteiger partial charge in [0.1, 0.15) is 21.7 Å². The number of alkyl halides is 2. The molecule has 0 spiro atoms. The van der Waals surface area contributed by atoms with Crippen LogP contribution in [0.1, 0.15) is 21.8 Å². The van der Waals surface area contributed by atoms with Gasteiger partial charge in [-0.15, -0.1) is 23.2 Å². The maximum Gasteiger partial charge on any atom is 0.257 e. The first kappa shape index (κ1) is 25.2. The standard InChI is InChI=1S/C23H13BrCl4F2N2O2/c24-11-6-10(7-12(25)8-11)18-19(23(18,27)28)22(34)31-13-4-5-15(26)14(9-13)21(33)32-20-16(29)2-1-3-17(20)30/h1-9,18-19H,(H,31,34)(H,32,33)/t18-,19+/m1/s1. The smallest absolute Gasteiger partial charge is 0.257 e. The number of rotatable bonds is 5. The minimum absolute atomic E-state index is 0.0179. The van der Waals surface area contributed by atoms with Crippen molar-refractivity contribution in [3.8, 4) is 0 Å². The summed E-state index contributed by atoms with van der Waals surface area (Å²) in [6.07, 6.45) is 0. The van der Waals surface area contributed by atoms with Crippen molar-refractivity contribution in [1.29, 1.82) is 0 Å². The summed E-state index contributed by atoms with van der Waals surface area (Å²) in [7, 11) is 0. The van der Waals surface area contributed by atoms with Crippen LogP contribution < -0.4 is 10.6 Å². The summed E-state index contributed by atoms with van der Waals surface area (Å²) in [6.45, 7) is 0. The molecule has 0 saturated heterocycles. The predicted octanol–water partition coefficient (Wildman–Crippen LogP) is 7.81. The number of carbonyl (C=O) groups excluding carboxylic acids is 2. The fraction of sp³-hybridized carbons (Fsp3) is 0.130. The van der Waals surface area contributed by atoms with Crippen LogP contribution in [0.15, 0.2) is 59.1 Å². The maximum absolute atomic E-state index is 13.9. The van der Waals surface area contributed by atoms with Crippen molar-refractivity contribution >= 4 is 85.5 Å². The number of benzene rings is 3. The summed E-state index contributed by atoms with van der Waals surface area (Å²) < 4.78 is 27.1. The second-order valence-electron chi connectivity index (χ2n) is 7.57. The van der Waals surface area contributed by atoms with Gasteiger partial charge in [-0.3, -0.25) is 9.59 Å². The minimum Gasteiger partial charge on any atom is -0.326 e. The molecule has 1 saturated carbocycles. The minimum atomic E-state index is -1.36. The first-order chi connectivity index (χ1) is 16.0. The van der Waals surface area contributed by atoms with Gasteiger partial charge in [0.25, 0.3) is 5.91 Å². The molecule has 2 N–H and O–H groups in total. The van der Waals surface area contributed by atoms with Gasteiger partial charge in [-0.05, 0) is 54.1 Å². The topological polar surface area (TPSA) is 58.2 Å². The molecule has 2 amide bonds. The van der Waals surface area contributed by atoms with E-state index in [-0.39, 0.29) is 16.3 Å². The molecule has 1 fully saturated rings. The number of nitrogens with one attached hydrogen (secondary N) is 2. The molecule has 0 heterocycles. The number of para-hydroxylation sites is 1. The Hall–Kier alpha value is -1.90. The van der Waals surface area contributed by atoms with Gasteiger partial charge < -0.3 is 10.6 Å². The summed E-state index contributed by atoms with van der Waals surface area (Å²) in [5.41, 5.74) is 0.194. The van der Waals surface area contributed by atoms with E-state index in [0.717, 1.165) is 12.1 Å². The Morgan fingerprint density at radius 2 is 1.62 bits per heavy atom. The molecule has 0 bridgehead atoms. The fourth-order valence-corrected chi connectivity index (χ4v) is 5.54. The van der Waals surface area contributed by atoms with E-state index in [2.05, 4.69) is 26.6 Å². The molecule has 2 atom stereocenters. The number of hydrogen-bond donors (Lipinski definition) is 2. The van der Waals surface area contributed by atoms with Crippen molar-refractivity contribution in [1.82, 2.24) is 0 Å². The molecule has 1 aliphatic rings. The van der Waals surface area contributed by atoms with Gasteiger partial charge in [-0.2, -0.15) is 0 Å². The van der Waals surface area contributed by atoms with Crippen LogP contribution >= 0.6 is 62.3 Å². The zero-order valence-corrected chi connectivity index (χ0v) is 21.4. The molecule has 11 heteroatoms. The van der Waals surface area contributed by atoms with E-state index in [4.69, 9.17) is 46.4 Å². The van der Waals surface area contributed by atoms with E-state index >= 15 is 0 Å². The number of amides is 2. The normalized spacial score (nSPS) is 18.3. The van der Waals surface area contributed by atoms with Crippen molar-refractivity contribution in [2.45, 2.75) is 10.3 Å². The van der Waals surface area contributed by atoms with Gasteiger partial charge in [0.15, 0.2) is 0 Å². The Morgan fingerprint density at radius 1 is 0.941 bits per heavy atom. The summed E-state index contributed by atoms with van der Waals surface area (Å²) in [5, 5.41) is 5.29. The average molecular weight is 609 g/mol. The summed E-state index contributed by atoms with van der Waals surface area (Å²) >= 11 is 28.3. The van der Waals surface area contributed by atoms with Crippen LogP contribution in [-0.2, 0) is 4.79 Å². The summed E-state index contributed by atoms with van der Waals surface area (Å²) in [5.74, 6) is -4.53. The van der Waals surface area contributed by atoms with Crippen molar-refractivity contribution in [2.24, 2.45) is 5.92 Å². The van der Waals surface area contributed by atoms with Crippen molar-refractivity contribution in [2.75, 3.05) is 10.6 Å². The highest BCUT2D eigenvalue weighted by molar-refractivity contribution is 9.10. The van der Waals surface area contributed by atoms with Crippen LogP contribution in [-0.4, -0.2) is 16.1 Å². The highest BCUT2D eigenvalue weighted by Gasteiger charge is 2.67. The second kappa shape index (κ2) is 9.63.